The normalized spacial score (nSPS) is 17.8. The standard InChI is InChI=1S/C14H16FN/c1-2-3-4-10-16-14-9-8-11-12(14)6-5-7-13(11)15/h5-7,14,16H,4,8-10H2,1H3. The summed E-state index contributed by atoms with van der Waals surface area (Å²) in [6.07, 6.45) is 2.70. The lowest BCUT2D eigenvalue weighted by atomic mass is 10.1. The Kier molecular flexibility index (Phi) is 3.58. The van der Waals surface area contributed by atoms with E-state index in [0.29, 0.717) is 6.04 Å². The molecule has 2 rings (SSSR count). The zero-order valence-electron chi connectivity index (χ0n) is 9.52. The van der Waals surface area contributed by atoms with Gasteiger partial charge < -0.3 is 5.32 Å². The summed E-state index contributed by atoms with van der Waals surface area (Å²) in [7, 11) is 0. The van der Waals surface area contributed by atoms with Crippen LogP contribution in [-0.4, -0.2) is 6.54 Å². The molecule has 2 heteroatoms. The van der Waals surface area contributed by atoms with Gasteiger partial charge in [0, 0.05) is 19.0 Å². The molecule has 1 aromatic carbocycles. The van der Waals surface area contributed by atoms with E-state index in [-0.39, 0.29) is 5.82 Å². The monoisotopic (exact) mass is 217 g/mol. The Morgan fingerprint density at radius 2 is 2.38 bits per heavy atom. The minimum atomic E-state index is -0.0600. The van der Waals surface area contributed by atoms with Crippen LogP contribution in [0.2, 0.25) is 0 Å². The van der Waals surface area contributed by atoms with Gasteiger partial charge in [-0.25, -0.2) is 4.39 Å². The fourth-order valence-corrected chi connectivity index (χ4v) is 2.26. The Hall–Kier alpha value is -1.33. The molecular weight excluding hydrogens is 201 g/mol. The van der Waals surface area contributed by atoms with Gasteiger partial charge in [-0.1, -0.05) is 12.1 Å². The lowest BCUT2D eigenvalue weighted by Crippen LogP contribution is -2.20. The maximum atomic E-state index is 13.5. The summed E-state index contributed by atoms with van der Waals surface area (Å²) in [5.74, 6) is 5.83. The van der Waals surface area contributed by atoms with E-state index in [2.05, 4.69) is 17.2 Å². The highest BCUT2D eigenvalue weighted by molar-refractivity contribution is 5.35. The smallest absolute Gasteiger partial charge is 0.126 e. The molecule has 0 heterocycles. The minimum absolute atomic E-state index is 0.0600. The van der Waals surface area contributed by atoms with Crippen LogP contribution in [0.3, 0.4) is 0 Å². The number of nitrogens with one attached hydrogen (secondary N) is 1. The molecule has 0 saturated carbocycles. The number of hydrogen-bond acceptors (Lipinski definition) is 1. The van der Waals surface area contributed by atoms with Crippen molar-refractivity contribution in [3.05, 3.63) is 35.1 Å². The van der Waals surface area contributed by atoms with Crippen molar-refractivity contribution in [3.63, 3.8) is 0 Å². The zero-order valence-corrected chi connectivity index (χ0v) is 9.52. The largest absolute Gasteiger partial charge is 0.309 e. The van der Waals surface area contributed by atoms with Gasteiger partial charge in [-0.05, 0) is 37.0 Å². The maximum Gasteiger partial charge on any atom is 0.126 e. The SMILES string of the molecule is CC#CCCNC1CCc2c(F)cccc21. The molecule has 1 nitrogen and oxygen atoms in total. The van der Waals surface area contributed by atoms with Gasteiger partial charge in [-0.3, -0.25) is 0 Å². The molecule has 0 bridgehead atoms. The summed E-state index contributed by atoms with van der Waals surface area (Å²) in [5.41, 5.74) is 2.02. The van der Waals surface area contributed by atoms with Crippen LogP contribution in [0.5, 0.6) is 0 Å². The molecule has 84 valence electrons. The van der Waals surface area contributed by atoms with Crippen molar-refractivity contribution in [1.82, 2.24) is 5.32 Å². The fourth-order valence-electron chi connectivity index (χ4n) is 2.26. The Morgan fingerprint density at radius 1 is 1.50 bits per heavy atom. The van der Waals surface area contributed by atoms with Crippen LogP contribution in [-0.2, 0) is 6.42 Å². The van der Waals surface area contributed by atoms with Crippen molar-refractivity contribution in [2.75, 3.05) is 6.54 Å². The van der Waals surface area contributed by atoms with E-state index in [9.17, 15) is 4.39 Å². The van der Waals surface area contributed by atoms with Crippen LogP contribution < -0.4 is 5.32 Å². The zero-order chi connectivity index (χ0) is 11.4. The summed E-state index contributed by atoms with van der Waals surface area (Å²) >= 11 is 0. The van der Waals surface area contributed by atoms with E-state index in [1.165, 1.54) is 0 Å². The van der Waals surface area contributed by atoms with Gasteiger partial charge >= 0.3 is 0 Å². The van der Waals surface area contributed by atoms with Gasteiger partial charge in [0.2, 0.25) is 0 Å². The van der Waals surface area contributed by atoms with Gasteiger partial charge in [0.15, 0.2) is 0 Å². The molecule has 1 unspecified atom stereocenters. The summed E-state index contributed by atoms with van der Waals surface area (Å²) in [6.45, 7) is 2.72. The highest BCUT2D eigenvalue weighted by Gasteiger charge is 2.23. The van der Waals surface area contributed by atoms with Crippen LogP contribution in [0.4, 0.5) is 4.39 Å². The molecule has 1 aliphatic rings. The van der Waals surface area contributed by atoms with E-state index in [4.69, 9.17) is 0 Å². The average Bonchev–Trinajstić information content (AvgIpc) is 2.70. The molecule has 0 amide bonds. The first-order valence-corrected chi connectivity index (χ1v) is 5.73. The Bertz CT molecular complexity index is 428. The van der Waals surface area contributed by atoms with Crippen molar-refractivity contribution < 1.29 is 4.39 Å². The summed E-state index contributed by atoms with van der Waals surface area (Å²) < 4.78 is 13.5. The molecule has 16 heavy (non-hydrogen) atoms. The third-order valence-electron chi connectivity index (χ3n) is 3.03. The highest BCUT2D eigenvalue weighted by atomic mass is 19.1. The quantitative estimate of drug-likeness (QED) is 0.606. The van der Waals surface area contributed by atoms with Gasteiger partial charge in [-0.15, -0.1) is 11.8 Å². The average molecular weight is 217 g/mol. The lowest BCUT2D eigenvalue weighted by molar-refractivity contribution is 0.539. The molecule has 0 spiro atoms. The van der Waals surface area contributed by atoms with E-state index in [1.54, 1.807) is 12.1 Å². The molecule has 0 radical (unpaired) electrons. The lowest BCUT2D eigenvalue weighted by Gasteiger charge is -2.12. The Morgan fingerprint density at radius 3 is 3.19 bits per heavy atom. The fraction of sp³-hybridized carbons (Fsp3) is 0.429. The molecule has 1 atom stereocenters. The number of rotatable bonds is 3. The van der Waals surface area contributed by atoms with Crippen LogP contribution in [0, 0.1) is 17.7 Å². The van der Waals surface area contributed by atoms with E-state index in [0.717, 1.165) is 36.9 Å². The number of hydrogen-bond donors (Lipinski definition) is 1. The maximum absolute atomic E-state index is 13.5. The Balaban J connectivity index is 2.00. The first kappa shape index (κ1) is 11.2. The number of benzene rings is 1. The molecule has 1 aliphatic carbocycles. The minimum Gasteiger partial charge on any atom is -0.309 e. The summed E-state index contributed by atoms with van der Waals surface area (Å²) in [6, 6.07) is 5.67. The molecular formula is C14H16FN. The third kappa shape index (κ3) is 2.25. The molecule has 1 aromatic rings. The first-order valence-electron chi connectivity index (χ1n) is 5.73. The number of fused-ring (bicyclic) bond motifs is 1. The van der Waals surface area contributed by atoms with Crippen molar-refractivity contribution in [1.29, 1.82) is 0 Å². The first-order chi connectivity index (χ1) is 7.83. The second kappa shape index (κ2) is 5.14. The van der Waals surface area contributed by atoms with Crippen LogP contribution in [0.15, 0.2) is 18.2 Å². The van der Waals surface area contributed by atoms with Crippen molar-refractivity contribution in [2.24, 2.45) is 0 Å². The van der Waals surface area contributed by atoms with Crippen LogP contribution in [0.25, 0.3) is 0 Å². The van der Waals surface area contributed by atoms with Crippen LogP contribution >= 0.6 is 0 Å². The third-order valence-corrected chi connectivity index (χ3v) is 3.03. The second-order valence-corrected chi connectivity index (χ2v) is 4.03. The Labute approximate surface area is 96.1 Å². The van der Waals surface area contributed by atoms with Crippen molar-refractivity contribution >= 4 is 0 Å². The van der Waals surface area contributed by atoms with Gasteiger partial charge in [-0.2, -0.15) is 0 Å². The van der Waals surface area contributed by atoms with Gasteiger partial charge in [0.05, 0.1) is 0 Å². The van der Waals surface area contributed by atoms with Crippen molar-refractivity contribution in [3.8, 4) is 11.8 Å². The highest BCUT2D eigenvalue weighted by Crippen LogP contribution is 2.32. The molecule has 0 aromatic heterocycles. The predicted octanol–water partition coefficient (Wildman–Crippen LogP) is 2.82. The predicted molar refractivity (Wildman–Crippen MR) is 63.5 cm³/mol. The topological polar surface area (TPSA) is 12.0 Å². The van der Waals surface area contributed by atoms with E-state index < -0.39 is 0 Å². The summed E-state index contributed by atoms with van der Waals surface area (Å²) in [5, 5.41) is 3.43. The van der Waals surface area contributed by atoms with E-state index >= 15 is 0 Å². The van der Waals surface area contributed by atoms with Crippen LogP contribution in [0.1, 0.15) is 36.9 Å². The van der Waals surface area contributed by atoms with E-state index in [1.807, 2.05) is 13.0 Å². The molecule has 0 saturated heterocycles. The second-order valence-electron chi connectivity index (χ2n) is 4.03. The van der Waals surface area contributed by atoms with Gasteiger partial charge in [0.25, 0.3) is 0 Å². The molecule has 0 fully saturated rings. The van der Waals surface area contributed by atoms with Gasteiger partial charge in [0.1, 0.15) is 5.82 Å². The summed E-state index contributed by atoms with van der Waals surface area (Å²) in [4.78, 5) is 0. The molecule has 0 aliphatic heterocycles. The molecule has 1 N–H and O–H groups in total. The number of halogens is 1. The van der Waals surface area contributed by atoms with Crippen molar-refractivity contribution in [2.45, 2.75) is 32.2 Å².